The Bertz CT molecular complexity index is 476. The van der Waals surface area contributed by atoms with Crippen LogP contribution in [-0.4, -0.2) is 14.9 Å². The zero-order valence-corrected chi connectivity index (χ0v) is 9.90. The van der Waals surface area contributed by atoms with Gasteiger partial charge in [-0.3, -0.25) is 4.68 Å². The van der Waals surface area contributed by atoms with Crippen molar-refractivity contribution in [2.45, 2.75) is 19.4 Å². The first-order valence-corrected chi connectivity index (χ1v) is 5.37. The van der Waals surface area contributed by atoms with Crippen LogP contribution in [-0.2, 0) is 13.5 Å². The van der Waals surface area contributed by atoms with Crippen LogP contribution < -0.4 is 0 Å². The molecule has 1 N–H and O–H groups in total. The molecule has 0 aromatic carbocycles. The Morgan fingerprint density at radius 1 is 1.62 bits per heavy atom. The van der Waals surface area contributed by atoms with Crippen LogP contribution in [0.15, 0.2) is 22.8 Å². The fourth-order valence-corrected chi connectivity index (χ4v) is 1.90. The Hall–Kier alpha value is -1.26. The van der Waals surface area contributed by atoms with Gasteiger partial charge < -0.3 is 9.52 Å². The van der Waals surface area contributed by atoms with E-state index in [2.05, 4.69) is 5.10 Å². The van der Waals surface area contributed by atoms with Crippen LogP contribution in [0.1, 0.15) is 23.3 Å². The van der Waals surface area contributed by atoms with E-state index < -0.39 is 6.10 Å². The molecule has 0 aliphatic heterocycles. The predicted octanol–water partition coefficient (Wildman–Crippen LogP) is 2.25. The highest BCUT2D eigenvalue weighted by Crippen LogP contribution is 2.25. The summed E-state index contributed by atoms with van der Waals surface area (Å²) in [6, 6.07) is 3.48. The molecule has 2 rings (SSSR count). The summed E-state index contributed by atoms with van der Waals surface area (Å²) >= 11 is 6.09. The fourth-order valence-electron chi connectivity index (χ4n) is 1.67. The maximum Gasteiger partial charge on any atom is 0.132 e. The first-order valence-electron chi connectivity index (χ1n) is 4.99. The number of aliphatic hydroxyl groups is 1. The first kappa shape index (κ1) is 11.2. The smallest absolute Gasteiger partial charge is 0.132 e. The first-order chi connectivity index (χ1) is 7.59. The van der Waals surface area contributed by atoms with Gasteiger partial charge >= 0.3 is 0 Å². The van der Waals surface area contributed by atoms with Gasteiger partial charge in [0.1, 0.15) is 11.9 Å². The molecule has 0 aliphatic carbocycles. The van der Waals surface area contributed by atoms with Crippen molar-refractivity contribution < 1.29 is 9.52 Å². The van der Waals surface area contributed by atoms with E-state index in [1.165, 1.54) is 6.26 Å². The topological polar surface area (TPSA) is 51.2 Å². The molecule has 5 heteroatoms. The second-order valence-electron chi connectivity index (χ2n) is 3.71. The van der Waals surface area contributed by atoms with Crippen molar-refractivity contribution in [3.05, 3.63) is 40.6 Å². The third-order valence-electron chi connectivity index (χ3n) is 2.52. The number of aryl methyl sites for hydroxylation is 2. The van der Waals surface area contributed by atoms with Gasteiger partial charge in [-0.05, 0) is 19.1 Å². The third kappa shape index (κ3) is 1.99. The number of aliphatic hydroxyl groups excluding tert-OH is 1. The van der Waals surface area contributed by atoms with Gasteiger partial charge in [0, 0.05) is 13.5 Å². The van der Waals surface area contributed by atoms with E-state index in [1.807, 2.05) is 14.0 Å². The van der Waals surface area contributed by atoms with Gasteiger partial charge in [-0.25, -0.2) is 0 Å². The van der Waals surface area contributed by atoms with Crippen molar-refractivity contribution in [1.82, 2.24) is 9.78 Å². The van der Waals surface area contributed by atoms with E-state index in [-0.39, 0.29) is 0 Å². The van der Waals surface area contributed by atoms with Crippen LogP contribution in [0.4, 0.5) is 0 Å². The number of rotatable bonds is 3. The molecule has 2 heterocycles. The van der Waals surface area contributed by atoms with Crippen LogP contribution in [0.3, 0.4) is 0 Å². The highest BCUT2D eigenvalue weighted by molar-refractivity contribution is 6.31. The zero-order valence-electron chi connectivity index (χ0n) is 9.14. The van der Waals surface area contributed by atoms with Gasteiger partial charge in [-0.15, -0.1) is 0 Å². The molecule has 16 heavy (non-hydrogen) atoms. The van der Waals surface area contributed by atoms with Gasteiger partial charge in [0.05, 0.1) is 22.7 Å². The average Bonchev–Trinajstić information content (AvgIpc) is 2.83. The van der Waals surface area contributed by atoms with E-state index in [0.29, 0.717) is 17.2 Å². The van der Waals surface area contributed by atoms with Gasteiger partial charge in [0.15, 0.2) is 0 Å². The summed E-state index contributed by atoms with van der Waals surface area (Å²) in [7, 11) is 1.81. The van der Waals surface area contributed by atoms with Crippen molar-refractivity contribution in [3.8, 4) is 0 Å². The minimum absolute atomic E-state index is 0.393. The zero-order chi connectivity index (χ0) is 11.7. The van der Waals surface area contributed by atoms with Crippen LogP contribution in [0.2, 0.25) is 5.02 Å². The summed E-state index contributed by atoms with van der Waals surface area (Å²) in [6.45, 7) is 1.84. The molecule has 0 fully saturated rings. The number of hydrogen-bond acceptors (Lipinski definition) is 3. The van der Waals surface area contributed by atoms with E-state index in [4.69, 9.17) is 16.0 Å². The number of hydrogen-bond donors (Lipinski definition) is 1. The molecule has 0 saturated heterocycles. The van der Waals surface area contributed by atoms with Gasteiger partial charge in [-0.2, -0.15) is 5.10 Å². The number of aromatic nitrogens is 2. The molecule has 0 aliphatic rings. The number of halogens is 1. The van der Waals surface area contributed by atoms with Gasteiger partial charge in [0.2, 0.25) is 0 Å². The molecular weight excluding hydrogens is 228 g/mol. The van der Waals surface area contributed by atoms with E-state index >= 15 is 0 Å². The maximum atomic E-state index is 9.93. The Balaban J connectivity index is 2.21. The summed E-state index contributed by atoms with van der Waals surface area (Å²) in [5.74, 6) is 0.537. The third-order valence-corrected chi connectivity index (χ3v) is 3.01. The minimum Gasteiger partial charge on any atom is -0.467 e. The van der Waals surface area contributed by atoms with E-state index in [9.17, 15) is 5.11 Å². The Morgan fingerprint density at radius 2 is 2.38 bits per heavy atom. The Labute approximate surface area is 98.4 Å². The van der Waals surface area contributed by atoms with Crippen LogP contribution >= 0.6 is 11.6 Å². The lowest BCUT2D eigenvalue weighted by Gasteiger charge is -2.08. The normalized spacial score (nSPS) is 13.0. The molecule has 0 amide bonds. The molecule has 1 unspecified atom stereocenters. The minimum atomic E-state index is -0.692. The van der Waals surface area contributed by atoms with Crippen molar-refractivity contribution in [3.63, 3.8) is 0 Å². The standard InChI is InChI=1S/C11H13ClN2O2/c1-7-11(12)8(14(2)13-7)6-9(15)10-4-3-5-16-10/h3-5,9,15H,6H2,1-2H3. The van der Waals surface area contributed by atoms with Crippen LogP contribution in [0, 0.1) is 6.92 Å². The lowest BCUT2D eigenvalue weighted by Crippen LogP contribution is -2.06. The van der Waals surface area contributed by atoms with E-state index in [0.717, 1.165) is 11.4 Å². The van der Waals surface area contributed by atoms with Crippen molar-refractivity contribution >= 4 is 11.6 Å². The average molecular weight is 241 g/mol. The molecule has 2 aromatic heterocycles. The predicted molar refractivity (Wildman–Crippen MR) is 60.3 cm³/mol. The summed E-state index contributed by atoms with van der Waals surface area (Å²) in [6.07, 6.45) is 1.24. The van der Waals surface area contributed by atoms with Crippen LogP contribution in [0.25, 0.3) is 0 Å². The molecule has 0 spiro atoms. The quantitative estimate of drug-likeness (QED) is 0.895. The molecule has 4 nitrogen and oxygen atoms in total. The van der Waals surface area contributed by atoms with Gasteiger partial charge in [-0.1, -0.05) is 11.6 Å². The lowest BCUT2D eigenvalue weighted by atomic mass is 10.1. The number of furan rings is 1. The molecule has 0 bridgehead atoms. The Morgan fingerprint density at radius 3 is 2.88 bits per heavy atom. The molecule has 1 atom stereocenters. The SMILES string of the molecule is Cc1nn(C)c(CC(O)c2ccco2)c1Cl. The van der Waals surface area contributed by atoms with Crippen molar-refractivity contribution in [2.75, 3.05) is 0 Å². The maximum absolute atomic E-state index is 9.93. The number of nitrogens with zero attached hydrogens (tertiary/aromatic N) is 2. The van der Waals surface area contributed by atoms with Crippen molar-refractivity contribution in [2.24, 2.45) is 7.05 Å². The largest absolute Gasteiger partial charge is 0.467 e. The summed E-state index contributed by atoms with van der Waals surface area (Å²) in [5.41, 5.74) is 1.58. The summed E-state index contributed by atoms with van der Waals surface area (Å²) in [4.78, 5) is 0. The molecule has 0 saturated carbocycles. The summed E-state index contributed by atoms with van der Waals surface area (Å²) in [5, 5.41) is 14.7. The Kier molecular flexibility index (Phi) is 3.03. The summed E-state index contributed by atoms with van der Waals surface area (Å²) < 4.78 is 6.82. The highest BCUT2D eigenvalue weighted by atomic mass is 35.5. The van der Waals surface area contributed by atoms with Crippen LogP contribution in [0.5, 0.6) is 0 Å². The second kappa shape index (κ2) is 4.31. The van der Waals surface area contributed by atoms with Gasteiger partial charge in [0.25, 0.3) is 0 Å². The van der Waals surface area contributed by atoms with E-state index in [1.54, 1.807) is 16.8 Å². The second-order valence-corrected chi connectivity index (χ2v) is 4.08. The molecular formula is C11H13ClN2O2. The lowest BCUT2D eigenvalue weighted by molar-refractivity contribution is 0.148. The fraction of sp³-hybridized carbons (Fsp3) is 0.364. The molecule has 0 radical (unpaired) electrons. The molecule has 86 valence electrons. The highest BCUT2D eigenvalue weighted by Gasteiger charge is 2.18. The monoisotopic (exact) mass is 240 g/mol. The van der Waals surface area contributed by atoms with Crippen molar-refractivity contribution in [1.29, 1.82) is 0 Å². The molecule has 2 aromatic rings.